The highest BCUT2D eigenvalue weighted by Gasteiger charge is 2.50. The molecular formula is C22H27NO. The summed E-state index contributed by atoms with van der Waals surface area (Å²) in [5.41, 5.74) is 10.0. The number of primary amides is 1. The monoisotopic (exact) mass is 321 g/mol. The predicted molar refractivity (Wildman–Crippen MR) is 98.6 cm³/mol. The number of carbonyl (C=O) groups excluding carboxylic acids is 1. The van der Waals surface area contributed by atoms with Gasteiger partial charge in [-0.3, -0.25) is 4.79 Å². The Labute approximate surface area is 145 Å². The molecule has 126 valence electrons. The molecule has 0 aliphatic heterocycles. The van der Waals surface area contributed by atoms with Crippen LogP contribution in [0.25, 0.3) is 0 Å². The third kappa shape index (κ3) is 2.67. The van der Waals surface area contributed by atoms with Crippen molar-refractivity contribution in [1.82, 2.24) is 0 Å². The van der Waals surface area contributed by atoms with Gasteiger partial charge in [0.15, 0.2) is 0 Å². The number of carbonyl (C=O) groups is 1. The highest BCUT2D eigenvalue weighted by atomic mass is 16.1. The molecule has 2 aliphatic rings. The topological polar surface area (TPSA) is 43.1 Å². The molecule has 4 atom stereocenters. The Morgan fingerprint density at radius 2 is 2.21 bits per heavy atom. The Balaban J connectivity index is 2.03. The lowest BCUT2D eigenvalue weighted by Gasteiger charge is -2.52. The van der Waals surface area contributed by atoms with Gasteiger partial charge in [0.25, 0.3) is 0 Å². The van der Waals surface area contributed by atoms with Crippen molar-refractivity contribution in [3.05, 3.63) is 46.5 Å². The van der Waals surface area contributed by atoms with Crippen molar-refractivity contribution in [3.63, 3.8) is 0 Å². The molecule has 1 aromatic carbocycles. The fraction of sp³-hybridized carbons (Fsp3) is 0.500. The van der Waals surface area contributed by atoms with Crippen LogP contribution in [-0.4, -0.2) is 5.91 Å². The molecule has 1 saturated carbocycles. The molecule has 2 nitrogen and oxygen atoms in total. The zero-order valence-electron chi connectivity index (χ0n) is 14.9. The third-order valence-electron chi connectivity index (χ3n) is 6.23. The Kier molecular flexibility index (Phi) is 4.30. The van der Waals surface area contributed by atoms with E-state index in [1.54, 1.807) is 0 Å². The quantitative estimate of drug-likeness (QED) is 0.657. The van der Waals surface area contributed by atoms with Crippen LogP contribution < -0.4 is 5.73 Å². The van der Waals surface area contributed by atoms with E-state index in [2.05, 4.69) is 38.8 Å². The zero-order chi connectivity index (χ0) is 17.5. The van der Waals surface area contributed by atoms with Gasteiger partial charge in [-0.1, -0.05) is 24.6 Å². The lowest BCUT2D eigenvalue weighted by Crippen LogP contribution is -2.48. The molecule has 24 heavy (non-hydrogen) atoms. The smallest absolute Gasteiger partial charge is 0.248 e. The second kappa shape index (κ2) is 6.13. The maximum Gasteiger partial charge on any atom is 0.248 e. The minimum absolute atomic E-state index is 0.0417. The van der Waals surface area contributed by atoms with Crippen LogP contribution in [0.4, 0.5) is 0 Å². The number of rotatable bonds is 3. The Hall–Kier alpha value is -2.01. The van der Waals surface area contributed by atoms with Crippen molar-refractivity contribution in [3.8, 4) is 12.3 Å². The van der Waals surface area contributed by atoms with E-state index >= 15 is 0 Å². The number of amides is 1. The van der Waals surface area contributed by atoms with Gasteiger partial charge in [0, 0.05) is 16.9 Å². The van der Waals surface area contributed by atoms with Gasteiger partial charge in [-0.2, -0.15) is 0 Å². The highest BCUT2D eigenvalue weighted by Crippen LogP contribution is 2.55. The Morgan fingerprint density at radius 1 is 1.46 bits per heavy atom. The lowest BCUT2D eigenvalue weighted by atomic mass is 9.51. The summed E-state index contributed by atoms with van der Waals surface area (Å²) in [6, 6.07) is 5.95. The van der Waals surface area contributed by atoms with Crippen LogP contribution in [0.2, 0.25) is 0 Å². The second-order valence-electron chi connectivity index (χ2n) is 7.98. The summed E-state index contributed by atoms with van der Waals surface area (Å²) in [5, 5.41) is 0. The average molecular weight is 321 g/mol. The van der Waals surface area contributed by atoms with E-state index in [-0.39, 0.29) is 17.2 Å². The molecule has 1 aromatic rings. The normalized spacial score (nSPS) is 30.8. The van der Waals surface area contributed by atoms with Gasteiger partial charge >= 0.3 is 0 Å². The van der Waals surface area contributed by atoms with Crippen molar-refractivity contribution in [1.29, 1.82) is 0 Å². The minimum atomic E-state index is -0.363. The number of allylic oxidation sites excluding steroid dienone is 2. The predicted octanol–water partition coefficient (Wildman–Crippen LogP) is 4.23. The van der Waals surface area contributed by atoms with Gasteiger partial charge in [0.1, 0.15) is 0 Å². The molecule has 2 heteroatoms. The highest BCUT2D eigenvalue weighted by molar-refractivity contribution is 5.93. The first-order valence-electron chi connectivity index (χ1n) is 8.89. The molecule has 0 spiro atoms. The minimum Gasteiger partial charge on any atom is -0.366 e. The largest absolute Gasteiger partial charge is 0.366 e. The van der Waals surface area contributed by atoms with Crippen molar-refractivity contribution in [2.75, 3.05) is 0 Å². The molecule has 0 saturated heterocycles. The van der Waals surface area contributed by atoms with Crippen LogP contribution in [0.3, 0.4) is 0 Å². The van der Waals surface area contributed by atoms with Crippen LogP contribution >= 0.6 is 0 Å². The fourth-order valence-electron chi connectivity index (χ4n) is 4.87. The van der Waals surface area contributed by atoms with Crippen molar-refractivity contribution >= 4 is 5.91 Å². The summed E-state index contributed by atoms with van der Waals surface area (Å²) in [6.45, 7) is 6.60. The first-order valence-corrected chi connectivity index (χ1v) is 8.89. The molecule has 4 unspecified atom stereocenters. The van der Waals surface area contributed by atoms with Gasteiger partial charge in [0.2, 0.25) is 5.91 Å². The van der Waals surface area contributed by atoms with E-state index in [0.29, 0.717) is 17.4 Å². The SMILES string of the molecule is C#CC1C2Cc3ccc(C(N)=O)cc3C1(C)CCC2CC=C(C)C. The number of terminal acetylenes is 1. The number of hydrogen-bond acceptors (Lipinski definition) is 1. The first-order chi connectivity index (χ1) is 11.4. The van der Waals surface area contributed by atoms with Crippen molar-refractivity contribution in [2.24, 2.45) is 23.5 Å². The molecule has 0 heterocycles. The van der Waals surface area contributed by atoms with Crippen LogP contribution in [0.5, 0.6) is 0 Å². The Bertz CT molecular complexity index is 735. The molecule has 2 bridgehead atoms. The number of benzene rings is 1. The molecule has 2 N–H and O–H groups in total. The molecular weight excluding hydrogens is 294 g/mol. The van der Waals surface area contributed by atoms with Crippen LogP contribution in [0.1, 0.15) is 61.5 Å². The van der Waals surface area contributed by atoms with E-state index in [1.165, 1.54) is 23.1 Å². The summed E-state index contributed by atoms with van der Waals surface area (Å²) >= 11 is 0. The third-order valence-corrected chi connectivity index (χ3v) is 6.23. The fourth-order valence-corrected chi connectivity index (χ4v) is 4.87. The number of hydrogen-bond donors (Lipinski definition) is 1. The number of nitrogens with two attached hydrogens (primary N) is 1. The maximum absolute atomic E-state index is 11.6. The van der Waals surface area contributed by atoms with E-state index in [1.807, 2.05) is 12.1 Å². The van der Waals surface area contributed by atoms with Crippen LogP contribution in [0.15, 0.2) is 29.8 Å². The summed E-state index contributed by atoms with van der Waals surface area (Å²) in [4.78, 5) is 11.6. The standard InChI is InChI=1S/C22H27NO/c1-5-19-18-12-16-8-9-17(21(23)24)13-20(16)22(19,4)11-10-15(18)7-6-14(2)3/h1,6,8-9,13,15,18-19H,7,10-12H2,2-4H3,(H2,23,24). The van der Waals surface area contributed by atoms with Gasteiger partial charge in [-0.25, -0.2) is 0 Å². The molecule has 2 aliphatic carbocycles. The van der Waals surface area contributed by atoms with Crippen molar-refractivity contribution < 1.29 is 4.79 Å². The Morgan fingerprint density at radius 3 is 2.83 bits per heavy atom. The molecule has 0 radical (unpaired) electrons. The summed E-state index contributed by atoms with van der Waals surface area (Å²) < 4.78 is 0. The van der Waals surface area contributed by atoms with Gasteiger partial charge < -0.3 is 5.73 Å². The molecule has 3 rings (SSSR count). The van der Waals surface area contributed by atoms with E-state index in [4.69, 9.17) is 12.2 Å². The summed E-state index contributed by atoms with van der Waals surface area (Å²) in [5.74, 6) is 4.16. The summed E-state index contributed by atoms with van der Waals surface area (Å²) in [6.07, 6.45) is 12.8. The molecule has 1 fully saturated rings. The van der Waals surface area contributed by atoms with Crippen molar-refractivity contribution in [2.45, 2.75) is 51.9 Å². The van der Waals surface area contributed by atoms with E-state index in [9.17, 15) is 4.79 Å². The number of fused-ring (bicyclic) bond motifs is 4. The summed E-state index contributed by atoms with van der Waals surface area (Å²) in [7, 11) is 0. The van der Waals surface area contributed by atoms with E-state index < -0.39 is 0 Å². The van der Waals surface area contributed by atoms with Crippen LogP contribution in [-0.2, 0) is 11.8 Å². The first kappa shape index (κ1) is 16.8. The van der Waals surface area contributed by atoms with E-state index in [0.717, 1.165) is 19.3 Å². The van der Waals surface area contributed by atoms with Gasteiger partial charge in [-0.15, -0.1) is 12.3 Å². The van der Waals surface area contributed by atoms with Gasteiger partial charge in [0.05, 0.1) is 0 Å². The second-order valence-corrected chi connectivity index (χ2v) is 7.98. The molecule has 0 aromatic heterocycles. The maximum atomic E-state index is 11.6. The lowest BCUT2D eigenvalue weighted by molar-refractivity contribution is 0.0929. The van der Waals surface area contributed by atoms with Crippen LogP contribution in [0, 0.1) is 30.1 Å². The zero-order valence-corrected chi connectivity index (χ0v) is 14.9. The average Bonchev–Trinajstić information content (AvgIpc) is 2.53. The molecule has 1 amide bonds. The van der Waals surface area contributed by atoms with Gasteiger partial charge in [-0.05, 0) is 74.6 Å².